The predicted octanol–water partition coefficient (Wildman–Crippen LogP) is 4.32. The van der Waals surface area contributed by atoms with E-state index in [0.29, 0.717) is 0 Å². The van der Waals surface area contributed by atoms with Crippen LogP contribution in [0, 0.1) is 10.1 Å². The number of para-hydroxylation sites is 1. The molecule has 120 valence electrons. The summed E-state index contributed by atoms with van der Waals surface area (Å²) < 4.78 is 0. The van der Waals surface area contributed by atoms with Gasteiger partial charge in [0.25, 0.3) is 0 Å². The van der Waals surface area contributed by atoms with E-state index in [4.69, 9.17) is 10.1 Å². The van der Waals surface area contributed by atoms with Gasteiger partial charge in [0.2, 0.25) is 0 Å². The monoisotopic (exact) mass is 312 g/mol. The van der Waals surface area contributed by atoms with Gasteiger partial charge in [0.1, 0.15) is 5.78 Å². The number of hydrogen-bond acceptors (Lipinski definition) is 3. The summed E-state index contributed by atoms with van der Waals surface area (Å²) in [7, 11) is 0.889. The van der Waals surface area contributed by atoms with Crippen molar-refractivity contribution in [1.29, 1.82) is 0 Å². The third-order valence-electron chi connectivity index (χ3n) is 2.67. The fraction of sp³-hybridized carbons (Fsp3) is 0.167. The molecular formula is C18H20N2O3. The number of nitrogens with one attached hydrogen (secondary N) is 1. The zero-order valence-electron chi connectivity index (χ0n) is 13.4. The van der Waals surface area contributed by atoms with E-state index in [9.17, 15) is 4.79 Å². The molecule has 0 saturated heterocycles. The highest BCUT2D eigenvalue weighted by atomic mass is 16.6. The van der Waals surface area contributed by atoms with E-state index in [2.05, 4.69) is 53.6 Å². The van der Waals surface area contributed by atoms with E-state index in [-0.39, 0.29) is 5.78 Å². The summed E-state index contributed by atoms with van der Waals surface area (Å²) in [5.41, 5.74) is 3.72. The van der Waals surface area contributed by atoms with Crippen molar-refractivity contribution in [2.75, 3.05) is 7.05 Å². The SMILES string of the molecule is CC(C)=O.C[N+](=O)[O-].c1ccc(-c2c[nH]c3ccccc23)cc1. The average Bonchev–Trinajstić information content (AvgIpc) is 2.91. The molecule has 3 aromatic rings. The fourth-order valence-electron chi connectivity index (χ4n) is 1.93. The van der Waals surface area contributed by atoms with Crippen molar-refractivity contribution >= 4 is 16.7 Å². The van der Waals surface area contributed by atoms with Crippen molar-refractivity contribution in [3.63, 3.8) is 0 Å². The molecule has 0 atom stereocenters. The quantitative estimate of drug-likeness (QED) is 0.537. The molecule has 0 bridgehead atoms. The summed E-state index contributed by atoms with van der Waals surface area (Å²) in [5.74, 6) is 0.167. The molecule has 1 N–H and O–H groups in total. The molecule has 0 aliphatic carbocycles. The summed E-state index contributed by atoms with van der Waals surface area (Å²) in [6.45, 7) is 3.06. The number of hydrogen-bond donors (Lipinski definition) is 1. The number of ketones is 1. The van der Waals surface area contributed by atoms with Gasteiger partial charge in [-0.25, -0.2) is 0 Å². The first kappa shape index (κ1) is 18.1. The van der Waals surface area contributed by atoms with Crippen molar-refractivity contribution in [1.82, 2.24) is 4.98 Å². The van der Waals surface area contributed by atoms with E-state index in [1.165, 1.54) is 35.9 Å². The molecule has 0 saturated carbocycles. The van der Waals surface area contributed by atoms with Crippen LogP contribution in [-0.2, 0) is 4.79 Å². The van der Waals surface area contributed by atoms with Gasteiger partial charge in [-0.2, -0.15) is 0 Å². The van der Waals surface area contributed by atoms with E-state index in [1.54, 1.807) is 0 Å². The minimum Gasteiger partial charge on any atom is -0.361 e. The van der Waals surface area contributed by atoms with Crippen LogP contribution >= 0.6 is 0 Å². The van der Waals surface area contributed by atoms with E-state index in [0.717, 1.165) is 7.05 Å². The second-order valence-electron chi connectivity index (χ2n) is 4.96. The van der Waals surface area contributed by atoms with Crippen molar-refractivity contribution in [2.45, 2.75) is 13.8 Å². The van der Waals surface area contributed by atoms with E-state index >= 15 is 0 Å². The molecule has 1 heterocycles. The van der Waals surface area contributed by atoms with Crippen LogP contribution < -0.4 is 0 Å². The van der Waals surface area contributed by atoms with Crippen LogP contribution in [0.5, 0.6) is 0 Å². The molecule has 0 fully saturated rings. The molecule has 1 aromatic heterocycles. The molecule has 0 amide bonds. The van der Waals surface area contributed by atoms with Gasteiger partial charge in [0.15, 0.2) is 7.05 Å². The molecule has 0 aliphatic rings. The largest absolute Gasteiger partial charge is 0.361 e. The first-order valence-electron chi connectivity index (χ1n) is 7.08. The summed E-state index contributed by atoms with van der Waals surface area (Å²) in [5, 5.41) is 10.1. The Labute approximate surface area is 135 Å². The molecule has 0 spiro atoms. The Morgan fingerprint density at radius 1 is 1.00 bits per heavy atom. The minimum atomic E-state index is -0.500. The van der Waals surface area contributed by atoms with Crippen LogP contribution in [-0.4, -0.2) is 22.7 Å². The first-order chi connectivity index (χ1) is 10.9. The molecule has 5 nitrogen and oxygen atoms in total. The maximum absolute atomic E-state index is 9.44. The number of benzene rings is 2. The molecule has 0 aliphatic heterocycles. The van der Waals surface area contributed by atoms with Crippen molar-refractivity contribution in [2.24, 2.45) is 0 Å². The highest BCUT2D eigenvalue weighted by molar-refractivity contribution is 5.95. The average molecular weight is 312 g/mol. The van der Waals surface area contributed by atoms with Crippen LogP contribution in [0.15, 0.2) is 60.8 Å². The number of carbonyl (C=O) groups is 1. The smallest absolute Gasteiger partial charge is 0.194 e. The van der Waals surface area contributed by atoms with Crippen LogP contribution in [0.25, 0.3) is 22.0 Å². The Morgan fingerprint density at radius 2 is 1.48 bits per heavy atom. The number of aromatic amines is 1. The van der Waals surface area contributed by atoms with Crippen LogP contribution in [0.2, 0.25) is 0 Å². The minimum absolute atomic E-state index is 0.167. The molecule has 23 heavy (non-hydrogen) atoms. The lowest BCUT2D eigenvalue weighted by molar-refractivity contribution is -0.445. The third kappa shape index (κ3) is 6.56. The number of Topliss-reactive ketones (excluding diaryl/α,β-unsaturated/α-hetero) is 1. The Morgan fingerprint density at radius 3 is 2.04 bits per heavy atom. The fourth-order valence-corrected chi connectivity index (χ4v) is 1.93. The summed E-state index contributed by atoms with van der Waals surface area (Å²) in [6.07, 6.45) is 2.07. The zero-order chi connectivity index (χ0) is 17.2. The van der Waals surface area contributed by atoms with Gasteiger partial charge in [0.05, 0.1) is 0 Å². The number of rotatable bonds is 1. The van der Waals surface area contributed by atoms with Gasteiger partial charge in [-0.05, 0) is 25.5 Å². The highest BCUT2D eigenvalue weighted by Gasteiger charge is 2.03. The van der Waals surface area contributed by atoms with Gasteiger partial charge in [-0.15, -0.1) is 0 Å². The lowest BCUT2D eigenvalue weighted by atomic mass is 10.1. The lowest BCUT2D eigenvalue weighted by Crippen LogP contribution is -1.79. The Kier molecular flexibility index (Phi) is 7.20. The Bertz CT molecular complexity index is 744. The summed E-state index contributed by atoms with van der Waals surface area (Å²) in [6, 6.07) is 18.8. The van der Waals surface area contributed by atoms with E-state index in [1.807, 2.05) is 12.1 Å². The number of fused-ring (bicyclic) bond motifs is 1. The normalized spacial score (nSPS) is 9.17. The second-order valence-corrected chi connectivity index (χ2v) is 4.96. The molecule has 2 aromatic carbocycles. The summed E-state index contributed by atoms with van der Waals surface area (Å²) in [4.78, 5) is 21.0. The first-order valence-corrected chi connectivity index (χ1v) is 7.08. The van der Waals surface area contributed by atoms with Crippen LogP contribution in [0.3, 0.4) is 0 Å². The standard InChI is InChI=1S/C14H11N.C3H6O.CH3NO2/c1-2-6-11(7-3-1)13-10-15-14-9-5-4-8-12(13)14;1-3(2)4;1-2(3)4/h1-10,15H;1-2H3;1H3. The number of H-pyrrole nitrogens is 1. The maximum Gasteiger partial charge on any atom is 0.194 e. The van der Waals surface area contributed by atoms with Crippen LogP contribution in [0.1, 0.15) is 13.8 Å². The van der Waals surface area contributed by atoms with E-state index < -0.39 is 4.92 Å². The number of nitrogens with zero attached hydrogens (tertiary/aromatic N) is 1. The van der Waals surface area contributed by atoms with Gasteiger partial charge in [0, 0.05) is 27.6 Å². The molecule has 3 rings (SSSR count). The Balaban J connectivity index is 0.000000281. The number of carbonyl (C=O) groups excluding carboxylic acids is 1. The van der Waals surface area contributed by atoms with Crippen molar-refractivity contribution in [3.05, 3.63) is 70.9 Å². The van der Waals surface area contributed by atoms with Crippen molar-refractivity contribution in [3.8, 4) is 11.1 Å². The topological polar surface area (TPSA) is 76.0 Å². The van der Waals surface area contributed by atoms with Crippen LogP contribution in [0.4, 0.5) is 0 Å². The maximum atomic E-state index is 9.44. The number of aromatic nitrogens is 1. The Hall–Kier alpha value is -2.95. The molecule has 5 heteroatoms. The molecular weight excluding hydrogens is 292 g/mol. The van der Waals surface area contributed by atoms with Gasteiger partial charge in [-0.3, -0.25) is 10.1 Å². The predicted molar refractivity (Wildman–Crippen MR) is 93.0 cm³/mol. The van der Waals surface area contributed by atoms with Gasteiger partial charge < -0.3 is 9.78 Å². The van der Waals surface area contributed by atoms with Crippen molar-refractivity contribution < 1.29 is 9.72 Å². The van der Waals surface area contributed by atoms with Gasteiger partial charge >= 0.3 is 0 Å². The summed E-state index contributed by atoms with van der Waals surface area (Å²) >= 11 is 0. The lowest BCUT2D eigenvalue weighted by Gasteiger charge is -1.97. The highest BCUT2D eigenvalue weighted by Crippen LogP contribution is 2.27. The number of nitro groups is 1. The second kappa shape index (κ2) is 9.15. The molecule has 0 radical (unpaired) electrons. The van der Waals surface area contributed by atoms with Gasteiger partial charge in [-0.1, -0.05) is 48.5 Å². The zero-order valence-corrected chi connectivity index (χ0v) is 13.4. The third-order valence-corrected chi connectivity index (χ3v) is 2.67. The molecule has 0 unspecified atom stereocenters.